The zero-order valence-electron chi connectivity index (χ0n) is 12.0. The van der Waals surface area contributed by atoms with E-state index < -0.39 is 23.7 Å². The fourth-order valence-corrected chi connectivity index (χ4v) is 2.17. The fraction of sp³-hybridized carbons (Fsp3) is 0.333. The standard InChI is InChI=1S/C15H14F3N3O2/c16-15(17,18)11-4-1-10(2-5-11)3-6-13(22)20-12-7-8-21(9-12)14(19)23/h1-2,4-5,12H,7-9H2,(H2,19,23)(H,20,22)/t12-/m0/s1. The monoisotopic (exact) mass is 325 g/mol. The number of halogens is 3. The summed E-state index contributed by atoms with van der Waals surface area (Å²) in [5.41, 5.74) is 4.67. The summed E-state index contributed by atoms with van der Waals surface area (Å²) in [6.07, 6.45) is -3.82. The Morgan fingerprint density at radius 1 is 1.26 bits per heavy atom. The number of carbonyl (C=O) groups is 2. The average molecular weight is 325 g/mol. The van der Waals surface area contributed by atoms with Gasteiger partial charge in [0.25, 0.3) is 5.91 Å². The zero-order valence-corrected chi connectivity index (χ0v) is 12.0. The first-order chi connectivity index (χ1) is 10.8. The molecule has 3 amide bonds. The number of primary amides is 1. The van der Waals surface area contributed by atoms with Crippen molar-refractivity contribution in [3.8, 4) is 11.8 Å². The summed E-state index contributed by atoms with van der Waals surface area (Å²) in [6.45, 7) is 0.787. The molecule has 1 atom stereocenters. The Labute approximate surface area is 130 Å². The molecule has 1 fully saturated rings. The molecule has 1 aromatic rings. The molecule has 0 spiro atoms. The highest BCUT2D eigenvalue weighted by molar-refractivity contribution is 5.94. The first-order valence-electron chi connectivity index (χ1n) is 6.80. The largest absolute Gasteiger partial charge is 0.416 e. The van der Waals surface area contributed by atoms with Crippen molar-refractivity contribution < 1.29 is 22.8 Å². The maximum Gasteiger partial charge on any atom is 0.416 e. The highest BCUT2D eigenvalue weighted by Gasteiger charge is 2.29. The van der Waals surface area contributed by atoms with Gasteiger partial charge in [0.05, 0.1) is 5.56 Å². The van der Waals surface area contributed by atoms with Gasteiger partial charge in [0.1, 0.15) is 0 Å². The Bertz CT molecular complexity index is 659. The molecular weight excluding hydrogens is 311 g/mol. The van der Waals surface area contributed by atoms with Crippen LogP contribution < -0.4 is 11.1 Å². The van der Waals surface area contributed by atoms with E-state index in [9.17, 15) is 22.8 Å². The number of hydrogen-bond donors (Lipinski definition) is 2. The van der Waals surface area contributed by atoms with Gasteiger partial charge in [-0.2, -0.15) is 13.2 Å². The van der Waals surface area contributed by atoms with E-state index in [2.05, 4.69) is 17.2 Å². The topological polar surface area (TPSA) is 75.4 Å². The van der Waals surface area contributed by atoms with Crippen LogP contribution in [-0.2, 0) is 11.0 Å². The maximum atomic E-state index is 12.4. The minimum atomic E-state index is -4.40. The van der Waals surface area contributed by atoms with Gasteiger partial charge in [-0.05, 0) is 30.7 Å². The number of nitrogens with zero attached hydrogens (tertiary/aromatic N) is 1. The number of amides is 3. The molecule has 5 nitrogen and oxygen atoms in total. The van der Waals surface area contributed by atoms with E-state index in [1.807, 2.05) is 0 Å². The molecule has 0 saturated carbocycles. The normalized spacial score (nSPS) is 17.3. The van der Waals surface area contributed by atoms with Crippen molar-refractivity contribution >= 4 is 11.9 Å². The lowest BCUT2D eigenvalue weighted by Gasteiger charge is -2.13. The Hall–Kier alpha value is -2.69. The summed E-state index contributed by atoms with van der Waals surface area (Å²) in [5, 5.41) is 2.63. The number of carbonyl (C=O) groups excluding carboxylic acids is 2. The van der Waals surface area contributed by atoms with Crippen LogP contribution in [0.1, 0.15) is 17.5 Å². The van der Waals surface area contributed by atoms with Gasteiger partial charge in [-0.3, -0.25) is 4.79 Å². The molecule has 1 aliphatic rings. The van der Waals surface area contributed by atoms with Gasteiger partial charge in [0, 0.05) is 30.6 Å². The van der Waals surface area contributed by atoms with E-state index in [0.29, 0.717) is 25.1 Å². The second kappa shape index (κ2) is 6.60. The first-order valence-corrected chi connectivity index (χ1v) is 6.80. The Morgan fingerprint density at radius 3 is 2.43 bits per heavy atom. The van der Waals surface area contributed by atoms with Gasteiger partial charge in [0.2, 0.25) is 0 Å². The summed E-state index contributed by atoms with van der Waals surface area (Å²) < 4.78 is 37.2. The molecule has 8 heteroatoms. The lowest BCUT2D eigenvalue weighted by atomic mass is 10.1. The molecular formula is C15H14F3N3O2. The summed E-state index contributed by atoms with van der Waals surface area (Å²) in [4.78, 5) is 24.1. The first kappa shape index (κ1) is 16.7. The summed E-state index contributed by atoms with van der Waals surface area (Å²) >= 11 is 0. The van der Waals surface area contributed by atoms with E-state index in [1.165, 1.54) is 17.0 Å². The molecule has 0 bridgehead atoms. The van der Waals surface area contributed by atoms with Crippen LogP contribution in [0, 0.1) is 11.8 Å². The summed E-state index contributed by atoms with van der Waals surface area (Å²) in [5.74, 6) is 4.25. The third-order valence-corrected chi connectivity index (χ3v) is 3.37. The van der Waals surface area contributed by atoms with E-state index in [4.69, 9.17) is 5.73 Å². The van der Waals surface area contributed by atoms with Crippen molar-refractivity contribution in [3.63, 3.8) is 0 Å². The minimum absolute atomic E-state index is 0.225. The molecule has 0 aromatic heterocycles. The van der Waals surface area contributed by atoms with Crippen LogP contribution in [0.5, 0.6) is 0 Å². The second-order valence-corrected chi connectivity index (χ2v) is 5.07. The molecule has 122 valence electrons. The van der Waals surface area contributed by atoms with Crippen molar-refractivity contribution in [3.05, 3.63) is 35.4 Å². The lowest BCUT2D eigenvalue weighted by molar-refractivity contribution is -0.137. The molecule has 0 unspecified atom stereocenters. The Morgan fingerprint density at radius 2 is 1.91 bits per heavy atom. The number of hydrogen-bond acceptors (Lipinski definition) is 2. The second-order valence-electron chi connectivity index (χ2n) is 5.07. The Kier molecular flexibility index (Phi) is 4.79. The Balaban J connectivity index is 1.91. The third kappa shape index (κ3) is 4.64. The average Bonchev–Trinajstić information content (AvgIpc) is 2.93. The number of rotatable bonds is 1. The molecule has 1 saturated heterocycles. The van der Waals surface area contributed by atoms with Gasteiger partial charge in [0.15, 0.2) is 0 Å². The van der Waals surface area contributed by atoms with Crippen molar-refractivity contribution in [2.24, 2.45) is 5.73 Å². The van der Waals surface area contributed by atoms with Crippen LogP contribution in [-0.4, -0.2) is 36.0 Å². The van der Waals surface area contributed by atoms with Crippen LogP contribution in [0.15, 0.2) is 24.3 Å². The van der Waals surface area contributed by atoms with Gasteiger partial charge >= 0.3 is 12.2 Å². The van der Waals surface area contributed by atoms with Crippen LogP contribution in [0.2, 0.25) is 0 Å². The predicted molar refractivity (Wildman–Crippen MR) is 76.0 cm³/mol. The molecule has 23 heavy (non-hydrogen) atoms. The predicted octanol–water partition coefficient (Wildman–Crippen LogP) is 1.33. The van der Waals surface area contributed by atoms with E-state index >= 15 is 0 Å². The van der Waals surface area contributed by atoms with Crippen LogP contribution in [0.25, 0.3) is 0 Å². The van der Waals surface area contributed by atoms with E-state index in [0.717, 1.165) is 12.1 Å². The molecule has 2 rings (SSSR count). The lowest BCUT2D eigenvalue weighted by Crippen LogP contribution is -2.39. The molecule has 1 heterocycles. The minimum Gasteiger partial charge on any atom is -0.351 e. The summed E-state index contributed by atoms with van der Waals surface area (Å²) in [6, 6.07) is 3.45. The number of likely N-dealkylation sites (tertiary alicyclic amines) is 1. The molecule has 1 aliphatic heterocycles. The van der Waals surface area contributed by atoms with Crippen molar-refractivity contribution in [2.75, 3.05) is 13.1 Å². The van der Waals surface area contributed by atoms with Gasteiger partial charge < -0.3 is 16.0 Å². The molecule has 3 N–H and O–H groups in total. The van der Waals surface area contributed by atoms with Crippen LogP contribution in [0.3, 0.4) is 0 Å². The molecule has 0 aliphatic carbocycles. The maximum absolute atomic E-state index is 12.4. The quantitative estimate of drug-likeness (QED) is 0.764. The number of alkyl halides is 3. The molecule has 1 aromatic carbocycles. The number of urea groups is 1. The van der Waals surface area contributed by atoms with E-state index in [-0.39, 0.29) is 6.04 Å². The van der Waals surface area contributed by atoms with Gasteiger partial charge in [-0.15, -0.1) is 0 Å². The van der Waals surface area contributed by atoms with E-state index in [1.54, 1.807) is 0 Å². The zero-order chi connectivity index (χ0) is 17.0. The van der Waals surface area contributed by atoms with Crippen molar-refractivity contribution in [1.29, 1.82) is 0 Å². The van der Waals surface area contributed by atoms with Crippen LogP contribution >= 0.6 is 0 Å². The van der Waals surface area contributed by atoms with Gasteiger partial charge in [-0.25, -0.2) is 4.79 Å². The van der Waals surface area contributed by atoms with Crippen LogP contribution in [0.4, 0.5) is 18.0 Å². The summed E-state index contributed by atoms with van der Waals surface area (Å²) in [7, 11) is 0. The number of nitrogens with one attached hydrogen (secondary N) is 1. The van der Waals surface area contributed by atoms with Gasteiger partial charge in [-0.1, -0.05) is 5.92 Å². The number of benzene rings is 1. The number of nitrogens with two attached hydrogens (primary N) is 1. The SMILES string of the molecule is NC(=O)N1CC[C@H](NC(=O)C#Cc2ccc(C(F)(F)F)cc2)C1. The fourth-order valence-electron chi connectivity index (χ4n) is 2.17. The van der Waals surface area contributed by atoms with Crippen molar-refractivity contribution in [1.82, 2.24) is 10.2 Å². The highest BCUT2D eigenvalue weighted by Crippen LogP contribution is 2.28. The highest BCUT2D eigenvalue weighted by atomic mass is 19.4. The third-order valence-electron chi connectivity index (χ3n) is 3.37. The smallest absolute Gasteiger partial charge is 0.351 e. The molecule has 0 radical (unpaired) electrons. The van der Waals surface area contributed by atoms with Crippen molar-refractivity contribution in [2.45, 2.75) is 18.6 Å².